The van der Waals surface area contributed by atoms with Crippen LogP contribution in [0.1, 0.15) is 34.6 Å². The Morgan fingerprint density at radius 1 is 1.13 bits per heavy atom. The number of primary amides is 1. The molecule has 1 aliphatic carbocycles. The lowest BCUT2D eigenvalue weighted by Gasteiger charge is -2.14. The van der Waals surface area contributed by atoms with Gasteiger partial charge in [0.2, 0.25) is 5.91 Å². The zero-order valence-electron chi connectivity index (χ0n) is 12.5. The Labute approximate surface area is 134 Å². The molecular weight excluding hydrogens is 286 g/mol. The van der Waals surface area contributed by atoms with E-state index in [0.717, 1.165) is 11.1 Å². The van der Waals surface area contributed by atoms with Gasteiger partial charge in [0, 0.05) is 0 Å². The molecule has 0 saturated heterocycles. The molecule has 0 bridgehead atoms. The highest BCUT2D eigenvalue weighted by Gasteiger charge is 2.59. The van der Waals surface area contributed by atoms with Crippen LogP contribution in [0.15, 0.2) is 48.5 Å². The summed E-state index contributed by atoms with van der Waals surface area (Å²) in [6.45, 7) is 0. The number of carbonyl (C=O) groups is 1. The van der Waals surface area contributed by atoms with Crippen LogP contribution in [0.25, 0.3) is 0 Å². The maximum atomic E-state index is 12.1. The van der Waals surface area contributed by atoms with Crippen LogP contribution in [0, 0.1) is 28.1 Å². The first-order valence-corrected chi connectivity index (χ1v) is 7.38. The zero-order chi connectivity index (χ0) is 16.4. The molecule has 2 atom stereocenters. The SMILES string of the molecule is N#Cc1cccc(CC2(C(N)=O)CC2c2cccc(C#N)c2)c1. The van der Waals surface area contributed by atoms with Gasteiger partial charge >= 0.3 is 0 Å². The van der Waals surface area contributed by atoms with Crippen molar-refractivity contribution in [2.75, 3.05) is 0 Å². The summed E-state index contributed by atoms with van der Waals surface area (Å²) in [6, 6.07) is 18.8. The molecule has 2 unspecified atom stereocenters. The van der Waals surface area contributed by atoms with Gasteiger partial charge in [0.05, 0.1) is 28.7 Å². The van der Waals surface area contributed by atoms with E-state index in [4.69, 9.17) is 16.3 Å². The fraction of sp³-hybridized carbons (Fsp3) is 0.211. The molecule has 4 heteroatoms. The summed E-state index contributed by atoms with van der Waals surface area (Å²) < 4.78 is 0. The predicted octanol–water partition coefficient (Wildman–Crippen LogP) is 2.63. The lowest BCUT2D eigenvalue weighted by Crippen LogP contribution is -2.28. The first-order chi connectivity index (χ1) is 11.1. The van der Waals surface area contributed by atoms with E-state index in [1.807, 2.05) is 30.3 Å². The van der Waals surface area contributed by atoms with Gasteiger partial charge in [-0.3, -0.25) is 4.79 Å². The molecular formula is C19H15N3O. The Hall–Kier alpha value is -3.11. The van der Waals surface area contributed by atoms with Crippen molar-refractivity contribution in [1.29, 1.82) is 10.5 Å². The Morgan fingerprint density at radius 2 is 1.78 bits per heavy atom. The Morgan fingerprint density at radius 3 is 2.43 bits per heavy atom. The molecule has 0 radical (unpaired) electrons. The normalized spacial score (nSPS) is 21.9. The van der Waals surface area contributed by atoms with Crippen molar-refractivity contribution in [3.8, 4) is 12.1 Å². The van der Waals surface area contributed by atoms with Gasteiger partial charge in [-0.2, -0.15) is 10.5 Å². The topological polar surface area (TPSA) is 90.7 Å². The first-order valence-electron chi connectivity index (χ1n) is 7.38. The average molecular weight is 301 g/mol. The van der Waals surface area contributed by atoms with Crippen LogP contribution in [-0.4, -0.2) is 5.91 Å². The summed E-state index contributed by atoms with van der Waals surface area (Å²) in [4.78, 5) is 12.1. The summed E-state index contributed by atoms with van der Waals surface area (Å²) >= 11 is 0. The highest BCUT2D eigenvalue weighted by molar-refractivity contribution is 5.86. The minimum atomic E-state index is -0.623. The van der Waals surface area contributed by atoms with E-state index in [1.165, 1.54) is 0 Å². The third kappa shape index (κ3) is 2.67. The Balaban J connectivity index is 1.90. The molecule has 1 saturated carbocycles. The number of nitrogens with two attached hydrogens (primary N) is 1. The fourth-order valence-electron chi connectivity index (χ4n) is 3.24. The van der Waals surface area contributed by atoms with E-state index in [-0.39, 0.29) is 11.8 Å². The minimum absolute atomic E-state index is 0.0269. The number of benzene rings is 2. The van der Waals surface area contributed by atoms with Crippen molar-refractivity contribution in [2.24, 2.45) is 11.1 Å². The van der Waals surface area contributed by atoms with Crippen LogP contribution in [0.5, 0.6) is 0 Å². The smallest absolute Gasteiger partial charge is 0.224 e. The van der Waals surface area contributed by atoms with Gasteiger partial charge in [-0.1, -0.05) is 24.3 Å². The van der Waals surface area contributed by atoms with Crippen molar-refractivity contribution < 1.29 is 4.79 Å². The molecule has 23 heavy (non-hydrogen) atoms. The molecule has 0 aliphatic heterocycles. The monoisotopic (exact) mass is 301 g/mol. The van der Waals surface area contributed by atoms with Crippen LogP contribution in [0.4, 0.5) is 0 Å². The van der Waals surface area contributed by atoms with Crippen LogP contribution < -0.4 is 5.73 Å². The Bertz CT molecular complexity index is 859. The van der Waals surface area contributed by atoms with Gasteiger partial charge in [0.1, 0.15) is 0 Å². The second-order valence-corrected chi connectivity index (χ2v) is 6.00. The summed E-state index contributed by atoms with van der Waals surface area (Å²) in [5.74, 6) is -0.300. The van der Waals surface area contributed by atoms with E-state index >= 15 is 0 Å². The van der Waals surface area contributed by atoms with Gasteiger partial charge in [0.25, 0.3) is 0 Å². The van der Waals surface area contributed by atoms with E-state index < -0.39 is 5.41 Å². The van der Waals surface area contributed by atoms with E-state index in [2.05, 4.69) is 12.1 Å². The fourth-order valence-corrected chi connectivity index (χ4v) is 3.24. The van der Waals surface area contributed by atoms with Crippen molar-refractivity contribution in [3.63, 3.8) is 0 Å². The lowest BCUT2D eigenvalue weighted by molar-refractivity contribution is -0.123. The summed E-state index contributed by atoms with van der Waals surface area (Å²) in [5.41, 5.74) is 8.12. The standard InChI is InChI=1S/C19H15N3O/c20-11-14-4-1-3-13(7-14)9-19(18(22)23)10-17(19)16-6-2-5-15(8-16)12-21/h1-8,17H,9-10H2,(H2,22,23). The molecule has 2 aromatic carbocycles. The molecule has 4 nitrogen and oxygen atoms in total. The van der Waals surface area contributed by atoms with Crippen molar-refractivity contribution >= 4 is 5.91 Å². The van der Waals surface area contributed by atoms with Crippen LogP contribution in [-0.2, 0) is 11.2 Å². The number of carbonyl (C=O) groups excluding carboxylic acids is 1. The van der Waals surface area contributed by atoms with E-state index in [1.54, 1.807) is 18.2 Å². The van der Waals surface area contributed by atoms with Crippen LogP contribution in [0.3, 0.4) is 0 Å². The predicted molar refractivity (Wildman–Crippen MR) is 85.0 cm³/mol. The number of hydrogen-bond donors (Lipinski definition) is 1. The molecule has 2 aromatic rings. The second kappa shape index (κ2) is 5.59. The summed E-state index contributed by atoms with van der Waals surface area (Å²) in [5, 5.41) is 18.0. The molecule has 1 fully saturated rings. The quantitative estimate of drug-likeness (QED) is 0.941. The van der Waals surface area contributed by atoms with Gasteiger partial charge < -0.3 is 5.73 Å². The van der Waals surface area contributed by atoms with Gasteiger partial charge in [-0.05, 0) is 54.2 Å². The number of amides is 1. The third-order valence-corrected chi connectivity index (χ3v) is 4.56. The van der Waals surface area contributed by atoms with Gasteiger partial charge in [0.15, 0.2) is 0 Å². The van der Waals surface area contributed by atoms with Crippen molar-refractivity contribution in [3.05, 3.63) is 70.8 Å². The molecule has 0 heterocycles. The maximum absolute atomic E-state index is 12.1. The molecule has 1 aliphatic rings. The molecule has 1 amide bonds. The van der Waals surface area contributed by atoms with E-state index in [9.17, 15) is 4.79 Å². The van der Waals surface area contributed by atoms with E-state index in [0.29, 0.717) is 24.0 Å². The highest BCUT2D eigenvalue weighted by Crippen LogP contribution is 2.61. The van der Waals surface area contributed by atoms with Gasteiger partial charge in [-0.25, -0.2) is 0 Å². The molecule has 0 spiro atoms. The lowest BCUT2D eigenvalue weighted by atomic mass is 9.90. The average Bonchev–Trinajstić information content (AvgIpc) is 3.31. The number of nitrogens with zero attached hydrogens (tertiary/aromatic N) is 2. The van der Waals surface area contributed by atoms with Crippen LogP contribution >= 0.6 is 0 Å². The van der Waals surface area contributed by atoms with Crippen LogP contribution in [0.2, 0.25) is 0 Å². The molecule has 3 rings (SSSR count). The number of nitriles is 2. The summed E-state index contributed by atoms with van der Waals surface area (Å²) in [7, 11) is 0. The second-order valence-electron chi connectivity index (χ2n) is 6.00. The maximum Gasteiger partial charge on any atom is 0.224 e. The minimum Gasteiger partial charge on any atom is -0.369 e. The van der Waals surface area contributed by atoms with Gasteiger partial charge in [-0.15, -0.1) is 0 Å². The van der Waals surface area contributed by atoms with Crippen molar-refractivity contribution in [2.45, 2.75) is 18.8 Å². The third-order valence-electron chi connectivity index (χ3n) is 4.56. The molecule has 2 N–H and O–H groups in total. The summed E-state index contributed by atoms with van der Waals surface area (Å²) in [6.07, 6.45) is 1.19. The van der Waals surface area contributed by atoms with Crippen molar-refractivity contribution in [1.82, 2.24) is 0 Å². The largest absolute Gasteiger partial charge is 0.369 e. The molecule has 0 aromatic heterocycles. The number of rotatable bonds is 4. The Kier molecular flexibility index (Phi) is 3.60. The number of hydrogen-bond acceptors (Lipinski definition) is 3. The first kappa shape index (κ1) is 14.8. The zero-order valence-corrected chi connectivity index (χ0v) is 12.5. The molecule has 112 valence electrons. The highest BCUT2D eigenvalue weighted by atomic mass is 16.1.